The lowest BCUT2D eigenvalue weighted by atomic mass is 10.3. The summed E-state index contributed by atoms with van der Waals surface area (Å²) in [5.74, 6) is 1.41. The molecule has 11 nitrogen and oxygen atoms in total. The van der Waals surface area contributed by atoms with E-state index in [0.29, 0.717) is 40.7 Å². The van der Waals surface area contributed by atoms with E-state index in [1.54, 1.807) is 48.5 Å². The van der Waals surface area contributed by atoms with Gasteiger partial charge in [-0.2, -0.15) is 15.0 Å². The Bertz CT molecular complexity index is 1320. The molecular formula is C26H24N6O5. The summed E-state index contributed by atoms with van der Waals surface area (Å²) < 4.78 is 15.2. The molecule has 1 heterocycles. The van der Waals surface area contributed by atoms with Crippen LogP contribution in [0.3, 0.4) is 0 Å². The third-order valence-electron chi connectivity index (χ3n) is 4.71. The first kappa shape index (κ1) is 24.9. The van der Waals surface area contributed by atoms with Crippen LogP contribution >= 0.6 is 0 Å². The summed E-state index contributed by atoms with van der Waals surface area (Å²) in [6.07, 6.45) is 1.07. The van der Waals surface area contributed by atoms with E-state index in [1.807, 2.05) is 30.3 Å². The lowest BCUT2D eigenvalue weighted by molar-refractivity contribution is -0.144. The molecule has 188 valence electrons. The number of anilines is 6. The maximum atomic E-state index is 11.1. The van der Waals surface area contributed by atoms with Crippen molar-refractivity contribution in [2.75, 3.05) is 29.5 Å². The van der Waals surface area contributed by atoms with Crippen molar-refractivity contribution in [3.8, 4) is 11.5 Å². The fraction of sp³-hybridized carbons (Fsp3) is 0.0769. The monoisotopic (exact) mass is 500 g/mol. The Kier molecular flexibility index (Phi) is 8.44. The van der Waals surface area contributed by atoms with E-state index in [0.717, 1.165) is 11.8 Å². The Hall–Kier alpha value is -5.16. The SMILES string of the molecule is C=CC(=O)OCOc1ccc(Nc2nc(Nc3ccccc3)nc(Nc3ccc(OCO)cc3)n2)cc1. The van der Waals surface area contributed by atoms with Crippen LogP contribution < -0.4 is 25.4 Å². The number of nitrogens with zero attached hydrogens (tertiary/aromatic N) is 3. The fourth-order valence-corrected chi connectivity index (χ4v) is 3.01. The zero-order valence-corrected chi connectivity index (χ0v) is 19.6. The maximum Gasteiger partial charge on any atom is 0.333 e. The van der Waals surface area contributed by atoms with Crippen LogP contribution in [0.4, 0.5) is 34.9 Å². The van der Waals surface area contributed by atoms with Crippen molar-refractivity contribution >= 4 is 40.9 Å². The van der Waals surface area contributed by atoms with Gasteiger partial charge in [0.15, 0.2) is 6.79 Å². The maximum absolute atomic E-state index is 11.1. The van der Waals surface area contributed by atoms with Gasteiger partial charge in [-0.15, -0.1) is 0 Å². The van der Waals surface area contributed by atoms with E-state index in [9.17, 15) is 4.79 Å². The molecule has 0 amide bonds. The number of ether oxygens (including phenoxy) is 3. The molecule has 0 aliphatic carbocycles. The molecule has 0 saturated heterocycles. The fourth-order valence-electron chi connectivity index (χ4n) is 3.01. The van der Waals surface area contributed by atoms with E-state index >= 15 is 0 Å². The average Bonchev–Trinajstić information content (AvgIpc) is 2.91. The summed E-state index contributed by atoms with van der Waals surface area (Å²) >= 11 is 0. The zero-order valence-electron chi connectivity index (χ0n) is 19.6. The van der Waals surface area contributed by atoms with Crippen LogP contribution in [-0.4, -0.2) is 39.6 Å². The standard InChI is InChI=1S/C26H24N6O5/c1-2-23(34)37-17-36-22-14-10-20(11-15-22)29-26-31-24(27-18-6-4-3-5-7-18)30-25(32-26)28-19-8-12-21(13-9-19)35-16-33/h2-15,33H,1,16-17H2,(H3,27,28,29,30,31,32). The molecular weight excluding hydrogens is 476 g/mol. The molecule has 0 aliphatic heterocycles. The van der Waals surface area contributed by atoms with Crippen molar-refractivity contribution in [2.45, 2.75) is 0 Å². The van der Waals surface area contributed by atoms with E-state index < -0.39 is 12.8 Å². The molecule has 0 spiro atoms. The van der Waals surface area contributed by atoms with Crippen molar-refractivity contribution in [1.82, 2.24) is 15.0 Å². The molecule has 1 aromatic heterocycles. The van der Waals surface area contributed by atoms with Crippen LogP contribution in [0.15, 0.2) is 91.5 Å². The first-order chi connectivity index (χ1) is 18.1. The van der Waals surface area contributed by atoms with E-state index in [4.69, 9.17) is 19.3 Å². The minimum absolute atomic E-state index is 0.220. The first-order valence-electron chi connectivity index (χ1n) is 11.1. The molecule has 0 atom stereocenters. The lowest BCUT2D eigenvalue weighted by Crippen LogP contribution is -2.08. The van der Waals surface area contributed by atoms with Gasteiger partial charge >= 0.3 is 5.97 Å². The topological polar surface area (TPSA) is 140 Å². The van der Waals surface area contributed by atoms with Crippen LogP contribution in [0.5, 0.6) is 11.5 Å². The Morgan fingerprint density at radius 3 is 1.65 bits per heavy atom. The van der Waals surface area contributed by atoms with Gasteiger partial charge in [-0.05, 0) is 60.7 Å². The molecule has 4 rings (SSSR count). The van der Waals surface area contributed by atoms with E-state index in [2.05, 4.69) is 37.5 Å². The van der Waals surface area contributed by atoms with Crippen molar-refractivity contribution in [1.29, 1.82) is 0 Å². The largest absolute Gasteiger partial charge is 0.468 e. The second-order valence-corrected chi connectivity index (χ2v) is 7.30. The lowest BCUT2D eigenvalue weighted by Gasteiger charge is -2.12. The molecule has 37 heavy (non-hydrogen) atoms. The molecule has 0 unspecified atom stereocenters. The smallest absolute Gasteiger partial charge is 0.333 e. The molecule has 3 aromatic carbocycles. The first-order valence-corrected chi connectivity index (χ1v) is 11.1. The average molecular weight is 501 g/mol. The molecule has 4 aromatic rings. The molecule has 4 N–H and O–H groups in total. The number of aliphatic hydroxyl groups excluding tert-OH is 1. The Labute approximate surface area is 212 Å². The third kappa shape index (κ3) is 7.67. The number of aromatic nitrogens is 3. The van der Waals surface area contributed by atoms with Gasteiger partial charge in [0.1, 0.15) is 11.5 Å². The van der Waals surface area contributed by atoms with Crippen LogP contribution in [0.2, 0.25) is 0 Å². The molecule has 0 saturated carbocycles. The highest BCUT2D eigenvalue weighted by Crippen LogP contribution is 2.23. The molecule has 0 aliphatic rings. The predicted octanol–water partition coefficient (Wildman–Crippen LogP) is 4.50. The van der Waals surface area contributed by atoms with Gasteiger partial charge < -0.3 is 35.3 Å². The van der Waals surface area contributed by atoms with Gasteiger partial charge in [-0.1, -0.05) is 24.8 Å². The summed E-state index contributed by atoms with van der Waals surface area (Å²) in [4.78, 5) is 24.5. The summed E-state index contributed by atoms with van der Waals surface area (Å²) in [5.41, 5.74) is 2.23. The van der Waals surface area contributed by atoms with Crippen LogP contribution in [0.1, 0.15) is 0 Å². The highest BCUT2D eigenvalue weighted by molar-refractivity contribution is 5.81. The Balaban J connectivity index is 1.50. The Morgan fingerprint density at radius 1 is 0.730 bits per heavy atom. The van der Waals surface area contributed by atoms with Gasteiger partial charge in [0.2, 0.25) is 24.6 Å². The van der Waals surface area contributed by atoms with Crippen LogP contribution in [-0.2, 0) is 9.53 Å². The number of benzene rings is 3. The highest BCUT2D eigenvalue weighted by Gasteiger charge is 2.09. The second kappa shape index (κ2) is 12.5. The van der Waals surface area contributed by atoms with Gasteiger partial charge in [0, 0.05) is 23.1 Å². The predicted molar refractivity (Wildman–Crippen MR) is 138 cm³/mol. The summed E-state index contributed by atoms with van der Waals surface area (Å²) in [7, 11) is 0. The molecule has 11 heteroatoms. The number of aliphatic hydroxyl groups is 1. The van der Waals surface area contributed by atoms with Gasteiger partial charge in [0.25, 0.3) is 0 Å². The number of para-hydroxylation sites is 1. The molecule has 0 fully saturated rings. The van der Waals surface area contributed by atoms with Gasteiger partial charge in [-0.3, -0.25) is 0 Å². The van der Waals surface area contributed by atoms with Crippen molar-refractivity contribution in [2.24, 2.45) is 0 Å². The van der Waals surface area contributed by atoms with Gasteiger partial charge in [0.05, 0.1) is 0 Å². The minimum atomic E-state index is -0.563. The van der Waals surface area contributed by atoms with Crippen molar-refractivity contribution in [3.63, 3.8) is 0 Å². The molecule has 0 radical (unpaired) electrons. The number of hydrogen-bond acceptors (Lipinski definition) is 11. The third-order valence-corrected chi connectivity index (χ3v) is 4.71. The number of carbonyl (C=O) groups excluding carboxylic acids is 1. The quantitative estimate of drug-likeness (QED) is 0.124. The normalized spacial score (nSPS) is 10.2. The van der Waals surface area contributed by atoms with Crippen LogP contribution in [0.25, 0.3) is 0 Å². The number of rotatable bonds is 12. The number of carbonyl (C=O) groups is 1. The summed E-state index contributed by atoms with van der Waals surface area (Å²) in [6, 6.07) is 23.5. The zero-order chi connectivity index (χ0) is 25.9. The van der Waals surface area contributed by atoms with Gasteiger partial charge in [-0.25, -0.2) is 4.79 Å². The number of nitrogens with one attached hydrogen (secondary N) is 3. The number of hydrogen-bond donors (Lipinski definition) is 4. The Morgan fingerprint density at radius 2 is 1.19 bits per heavy atom. The number of esters is 1. The van der Waals surface area contributed by atoms with Crippen molar-refractivity contribution in [3.05, 3.63) is 91.5 Å². The minimum Gasteiger partial charge on any atom is -0.468 e. The summed E-state index contributed by atoms with van der Waals surface area (Å²) in [6.45, 7) is 2.71. The van der Waals surface area contributed by atoms with Crippen LogP contribution in [0, 0.1) is 0 Å². The van der Waals surface area contributed by atoms with E-state index in [-0.39, 0.29) is 6.79 Å². The molecule has 0 bridgehead atoms. The highest BCUT2D eigenvalue weighted by atomic mass is 16.7. The second-order valence-electron chi connectivity index (χ2n) is 7.30. The summed E-state index contributed by atoms with van der Waals surface area (Å²) in [5, 5.41) is 18.4. The van der Waals surface area contributed by atoms with E-state index in [1.165, 1.54) is 0 Å². The van der Waals surface area contributed by atoms with Crippen molar-refractivity contribution < 1.29 is 24.1 Å².